The SMILES string of the molecule is O=C(COc1ccc(Cl)cc1)Nc1cc(N2CCN(c3ccccc3)CC2)ncn1. The number of carbonyl (C=O) groups excluding carboxylic acids is 1. The van der Waals surface area contributed by atoms with Gasteiger partial charge in [0.15, 0.2) is 6.61 Å². The highest BCUT2D eigenvalue weighted by Crippen LogP contribution is 2.20. The molecule has 1 fully saturated rings. The van der Waals surface area contributed by atoms with E-state index >= 15 is 0 Å². The van der Waals surface area contributed by atoms with Crippen LogP contribution in [0.1, 0.15) is 0 Å². The number of nitrogens with zero attached hydrogens (tertiary/aromatic N) is 4. The summed E-state index contributed by atoms with van der Waals surface area (Å²) in [6.45, 7) is 3.39. The fourth-order valence-corrected chi connectivity index (χ4v) is 3.41. The molecule has 1 aliphatic rings. The van der Waals surface area contributed by atoms with Gasteiger partial charge in [-0.15, -0.1) is 0 Å². The molecule has 1 saturated heterocycles. The molecule has 2 heterocycles. The minimum Gasteiger partial charge on any atom is -0.484 e. The minimum atomic E-state index is -0.288. The van der Waals surface area contributed by atoms with Crippen LogP contribution in [0, 0.1) is 0 Å². The lowest BCUT2D eigenvalue weighted by atomic mass is 10.2. The number of hydrogen-bond acceptors (Lipinski definition) is 6. The monoisotopic (exact) mass is 423 g/mol. The van der Waals surface area contributed by atoms with Gasteiger partial charge in [-0.3, -0.25) is 4.79 Å². The lowest BCUT2D eigenvalue weighted by Gasteiger charge is -2.36. The van der Waals surface area contributed by atoms with Gasteiger partial charge in [-0.1, -0.05) is 29.8 Å². The first-order valence-electron chi connectivity index (χ1n) is 9.72. The third-order valence-electron chi connectivity index (χ3n) is 4.83. The second-order valence-corrected chi connectivity index (χ2v) is 7.30. The van der Waals surface area contributed by atoms with Gasteiger partial charge < -0.3 is 19.9 Å². The molecule has 2 aromatic carbocycles. The first kappa shape index (κ1) is 20.0. The van der Waals surface area contributed by atoms with Gasteiger partial charge in [0, 0.05) is 43.0 Å². The molecule has 8 heteroatoms. The second kappa shape index (κ2) is 9.45. The first-order chi connectivity index (χ1) is 14.7. The zero-order valence-electron chi connectivity index (χ0n) is 16.4. The molecule has 0 radical (unpaired) electrons. The highest BCUT2D eigenvalue weighted by molar-refractivity contribution is 6.30. The zero-order valence-corrected chi connectivity index (χ0v) is 17.1. The Labute approximate surface area is 180 Å². The van der Waals surface area contributed by atoms with Crippen molar-refractivity contribution in [3.05, 3.63) is 72.0 Å². The molecule has 0 aliphatic carbocycles. The Bertz CT molecular complexity index is 976. The number of benzene rings is 2. The van der Waals surface area contributed by atoms with Crippen LogP contribution in [0.25, 0.3) is 0 Å². The second-order valence-electron chi connectivity index (χ2n) is 6.86. The van der Waals surface area contributed by atoms with Crippen molar-refractivity contribution in [1.82, 2.24) is 9.97 Å². The van der Waals surface area contributed by atoms with Gasteiger partial charge >= 0.3 is 0 Å². The van der Waals surface area contributed by atoms with E-state index in [0.717, 1.165) is 32.0 Å². The van der Waals surface area contributed by atoms with Crippen LogP contribution in [-0.2, 0) is 4.79 Å². The average Bonchev–Trinajstić information content (AvgIpc) is 2.80. The molecular formula is C22H22ClN5O2. The Hall–Kier alpha value is -3.32. The number of ether oxygens (including phenoxy) is 1. The van der Waals surface area contributed by atoms with Crippen molar-refractivity contribution in [3.8, 4) is 5.75 Å². The van der Waals surface area contributed by atoms with Gasteiger partial charge in [0.05, 0.1) is 0 Å². The summed E-state index contributed by atoms with van der Waals surface area (Å²) in [7, 11) is 0. The van der Waals surface area contributed by atoms with Crippen molar-refractivity contribution in [2.75, 3.05) is 47.9 Å². The molecular weight excluding hydrogens is 402 g/mol. The number of hydrogen-bond donors (Lipinski definition) is 1. The number of aromatic nitrogens is 2. The van der Waals surface area contributed by atoms with E-state index in [4.69, 9.17) is 16.3 Å². The number of halogens is 1. The number of anilines is 3. The summed E-state index contributed by atoms with van der Waals surface area (Å²) in [5, 5.41) is 3.38. The van der Waals surface area contributed by atoms with E-state index < -0.39 is 0 Å². The number of piperazine rings is 1. The molecule has 0 unspecified atom stereocenters. The molecule has 0 saturated carbocycles. The number of carbonyl (C=O) groups is 1. The van der Waals surface area contributed by atoms with Crippen LogP contribution >= 0.6 is 11.6 Å². The Morgan fingerprint density at radius 1 is 0.967 bits per heavy atom. The maximum absolute atomic E-state index is 12.2. The third kappa shape index (κ3) is 5.18. The molecule has 7 nitrogen and oxygen atoms in total. The van der Waals surface area contributed by atoms with Crippen LogP contribution in [0.5, 0.6) is 5.75 Å². The summed E-state index contributed by atoms with van der Waals surface area (Å²) >= 11 is 5.84. The standard InChI is InChI=1S/C22H22ClN5O2/c23-17-6-8-19(9-7-17)30-15-22(29)26-20-14-21(25-16-24-20)28-12-10-27(11-13-28)18-4-2-1-3-5-18/h1-9,14,16H,10-13,15H2,(H,24,25,26,29). The smallest absolute Gasteiger partial charge is 0.263 e. The van der Waals surface area contributed by atoms with Crippen LogP contribution in [0.15, 0.2) is 67.0 Å². The number of amides is 1. The Morgan fingerprint density at radius 2 is 1.67 bits per heavy atom. The Balaban J connectivity index is 1.30. The highest BCUT2D eigenvalue weighted by atomic mass is 35.5. The summed E-state index contributed by atoms with van der Waals surface area (Å²) in [6, 6.07) is 19.0. The Morgan fingerprint density at radius 3 is 2.40 bits per heavy atom. The average molecular weight is 424 g/mol. The molecule has 4 rings (SSSR count). The van der Waals surface area contributed by atoms with E-state index in [9.17, 15) is 4.79 Å². The Kier molecular flexibility index (Phi) is 6.29. The van der Waals surface area contributed by atoms with Crippen LogP contribution in [-0.4, -0.2) is 48.7 Å². The van der Waals surface area contributed by atoms with Crippen LogP contribution in [0.4, 0.5) is 17.3 Å². The van der Waals surface area contributed by atoms with Gasteiger partial charge in [0.1, 0.15) is 23.7 Å². The number of rotatable bonds is 6. The molecule has 154 valence electrons. The summed E-state index contributed by atoms with van der Waals surface area (Å²) in [6.07, 6.45) is 1.47. The van der Waals surface area contributed by atoms with Gasteiger partial charge in [0.25, 0.3) is 5.91 Å². The normalized spacial score (nSPS) is 13.8. The van der Waals surface area contributed by atoms with Crippen LogP contribution in [0.2, 0.25) is 5.02 Å². The van der Waals surface area contributed by atoms with Crippen molar-refractivity contribution >= 4 is 34.8 Å². The molecule has 1 amide bonds. The van der Waals surface area contributed by atoms with Crippen molar-refractivity contribution in [1.29, 1.82) is 0 Å². The molecule has 1 aromatic heterocycles. The van der Waals surface area contributed by atoms with E-state index in [2.05, 4.69) is 49.4 Å². The van der Waals surface area contributed by atoms with E-state index in [-0.39, 0.29) is 12.5 Å². The molecule has 1 aliphatic heterocycles. The van der Waals surface area contributed by atoms with E-state index in [1.165, 1.54) is 12.0 Å². The number of nitrogens with one attached hydrogen (secondary N) is 1. The van der Waals surface area contributed by atoms with Gasteiger partial charge in [-0.25, -0.2) is 9.97 Å². The maximum Gasteiger partial charge on any atom is 0.263 e. The van der Waals surface area contributed by atoms with E-state index in [1.54, 1.807) is 30.3 Å². The topological polar surface area (TPSA) is 70.6 Å². The maximum atomic E-state index is 12.2. The first-order valence-corrected chi connectivity index (χ1v) is 10.1. The van der Waals surface area contributed by atoms with Crippen molar-refractivity contribution in [2.45, 2.75) is 0 Å². The molecule has 1 N–H and O–H groups in total. The summed E-state index contributed by atoms with van der Waals surface area (Å²) < 4.78 is 5.47. The fraction of sp³-hybridized carbons (Fsp3) is 0.227. The molecule has 0 atom stereocenters. The van der Waals surface area contributed by atoms with Crippen LogP contribution in [0.3, 0.4) is 0 Å². The quantitative estimate of drug-likeness (QED) is 0.654. The summed E-state index contributed by atoms with van der Waals surface area (Å²) in [5.74, 6) is 1.54. The van der Waals surface area contributed by atoms with Gasteiger partial charge in [0.2, 0.25) is 0 Å². The largest absolute Gasteiger partial charge is 0.484 e. The molecule has 0 spiro atoms. The highest BCUT2D eigenvalue weighted by Gasteiger charge is 2.19. The lowest BCUT2D eigenvalue weighted by molar-refractivity contribution is -0.118. The van der Waals surface area contributed by atoms with Crippen LogP contribution < -0.4 is 19.9 Å². The van der Waals surface area contributed by atoms with Gasteiger partial charge in [-0.2, -0.15) is 0 Å². The van der Waals surface area contributed by atoms with E-state index in [0.29, 0.717) is 16.6 Å². The van der Waals surface area contributed by atoms with Crippen molar-refractivity contribution < 1.29 is 9.53 Å². The zero-order chi connectivity index (χ0) is 20.8. The predicted octanol–water partition coefficient (Wildman–Crippen LogP) is 3.47. The molecule has 3 aromatic rings. The molecule has 30 heavy (non-hydrogen) atoms. The molecule has 0 bridgehead atoms. The third-order valence-corrected chi connectivity index (χ3v) is 5.08. The van der Waals surface area contributed by atoms with Gasteiger partial charge in [-0.05, 0) is 36.4 Å². The fourth-order valence-electron chi connectivity index (χ4n) is 3.28. The van der Waals surface area contributed by atoms with Crippen molar-refractivity contribution in [2.24, 2.45) is 0 Å². The van der Waals surface area contributed by atoms with Crippen molar-refractivity contribution in [3.63, 3.8) is 0 Å². The number of para-hydroxylation sites is 1. The predicted molar refractivity (Wildman–Crippen MR) is 118 cm³/mol. The summed E-state index contributed by atoms with van der Waals surface area (Å²) in [4.78, 5) is 25.3. The lowest BCUT2D eigenvalue weighted by Crippen LogP contribution is -2.46. The summed E-state index contributed by atoms with van der Waals surface area (Å²) in [5.41, 5.74) is 1.23. The minimum absolute atomic E-state index is 0.114. The van der Waals surface area contributed by atoms with E-state index in [1.807, 2.05) is 6.07 Å².